The number of aliphatic carboxylic acids is 1. The third-order valence-corrected chi connectivity index (χ3v) is 3.98. The summed E-state index contributed by atoms with van der Waals surface area (Å²) in [5.41, 5.74) is 8.06. The smallest absolute Gasteiger partial charge is 0.320 e. The molecule has 0 aliphatic heterocycles. The average Bonchev–Trinajstić information content (AvgIpc) is 2.56. The van der Waals surface area contributed by atoms with E-state index in [1.807, 2.05) is 38.1 Å². The highest BCUT2D eigenvalue weighted by Crippen LogP contribution is 2.29. The molecular formula is C20H21F2NO2. The number of carboxylic acids is 1. The van der Waals surface area contributed by atoms with E-state index in [-0.39, 0.29) is 17.9 Å². The number of carbonyl (C=O) groups is 1. The largest absolute Gasteiger partial charge is 0.480 e. The topological polar surface area (TPSA) is 63.3 Å². The maximum atomic E-state index is 14.3. The number of hydrogen-bond acceptors (Lipinski definition) is 2. The highest BCUT2D eigenvalue weighted by molar-refractivity contribution is 5.81. The molecule has 2 aromatic carbocycles. The van der Waals surface area contributed by atoms with Crippen LogP contribution in [-0.2, 0) is 4.79 Å². The molecule has 0 spiro atoms. The maximum absolute atomic E-state index is 14.3. The Balaban J connectivity index is 2.54. The molecule has 0 aliphatic carbocycles. The summed E-state index contributed by atoms with van der Waals surface area (Å²) < 4.78 is 27.5. The summed E-state index contributed by atoms with van der Waals surface area (Å²) in [5.74, 6) is -2.23. The summed E-state index contributed by atoms with van der Waals surface area (Å²) >= 11 is 0. The molecular weight excluding hydrogens is 324 g/mol. The van der Waals surface area contributed by atoms with Crippen LogP contribution in [0.2, 0.25) is 0 Å². The Kier molecular flexibility index (Phi) is 6.04. The second kappa shape index (κ2) is 8.03. The minimum Gasteiger partial charge on any atom is -0.480 e. The SMILES string of the molecule is CC(C)c1cccc(/C(=C/CC(N)C(=O)O)c2ccc(F)cc2F)c1. The monoisotopic (exact) mass is 345 g/mol. The molecule has 0 amide bonds. The van der Waals surface area contributed by atoms with Crippen LogP contribution in [0.3, 0.4) is 0 Å². The summed E-state index contributed by atoms with van der Waals surface area (Å²) in [6, 6.07) is 9.81. The van der Waals surface area contributed by atoms with Gasteiger partial charge in [0.25, 0.3) is 0 Å². The van der Waals surface area contributed by atoms with Gasteiger partial charge in [-0.1, -0.05) is 44.2 Å². The first-order valence-electron chi connectivity index (χ1n) is 8.04. The molecule has 3 nitrogen and oxygen atoms in total. The fourth-order valence-corrected chi connectivity index (χ4v) is 2.50. The molecule has 25 heavy (non-hydrogen) atoms. The van der Waals surface area contributed by atoms with Crippen molar-refractivity contribution in [3.63, 3.8) is 0 Å². The van der Waals surface area contributed by atoms with E-state index in [1.54, 1.807) is 6.08 Å². The van der Waals surface area contributed by atoms with Gasteiger partial charge < -0.3 is 10.8 Å². The molecule has 132 valence electrons. The molecule has 2 rings (SSSR count). The third kappa shape index (κ3) is 4.73. The zero-order valence-corrected chi connectivity index (χ0v) is 14.2. The third-order valence-electron chi connectivity index (χ3n) is 3.98. The van der Waals surface area contributed by atoms with Gasteiger partial charge in [0.15, 0.2) is 0 Å². The van der Waals surface area contributed by atoms with Gasteiger partial charge in [-0.05, 0) is 41.2 Å². The van der Waals surface area contributed by atoms with E-state index in [1.165, 1.54) is 12.1 Å². The molecule has 0 aromatic heterocycles. The molecule has 0 bridgehead atoms. The van der Waals surface area contributed by atoms with E-state index < -0.39 is 23.6 Å². The summed E-state index contributed by atoms with van der Waals surface area (Å²) in [6.45, 7) is 4.09. The lowest BCUT2D eigenvalue weighted by atomic mass is 9.92. The Morgan fingerprint density at radius 2 is 1.92 bits per heavy atom. The van der Waals surface area contributed by atoms with E-state index in [4.69, 9.17) is 10.8 Å². The predicted octanol–water partition coefficient (Wildman–Crippen LogP) is 4.32. The van der Waals surface area contributed by atoms with Gasteiger partial charge in [0.1, 0.15) is 17.7 Å². The highest BCUT2D eigenvalue weighted by Gasteiger charge is 2.15. The lowest BCUT2D eigenvalue weighted by Gasteiger charge is -2.14. The summed E-state index contributed by atoms with van der Waals surface area (Å²) in [6.07, 6.45) is 1.63. The fourth-order valence-electron chi connectivity index (χ4n) is 2.50. The van der Waals surface area contributed by atoms with Crippen molar-refractivity contribution in [3.05, 3.63) is 76.9 Å². The molecule has 5 heteroatoms. The van der Waals surface area contributed by atoms with Crippen LogP contribution in [0.25, 0.3) is 5.57 Å². The van der Waals surface area contributed by atoms with E-state index in [0.717, 1.165) is 17.2 Å². The van der Waals surface area contributed by atoms with E-state index >= 15 is 0 Å². The molecule has 0 fully saturated rings. The van der Waals surface area contributed by atoms with Gasteiger partial charge in [-0.15, -0.1) is 0 Å². The predicted molar refractivity (Wildman–Crippen MR) is 94.2 cm³/mol. The van der Waals surface area contributed by atoms with Gasteiger partial charge in [-0.25, -0.2) is 8.78 Å². The van der Waals surface area contributed by atoms with Crippen LogP contribution in [0.5, 0.6) is 0 Å². The first kappa shape index (κ1) is 18.8. The van der Waals surface area contributed by atoms with Gasteiger partial charge in [-0.2, -0.15) is 0 Å². The summed E-state index contributed by atoms with van der Waals surface area (Å²) in [5, 5.41) is 8.97. The normalized spacial score (nSPS) is 13.1. The minimum absolute atomic E-state index is 0.0351. The van der Waals surface area contributed by atoms with E-state index in [0.29, 0.717) is 5.57 Å². The number of nitrogens with two attached hydrogens (primary N) is 1. The summed E-state index contributed by atoms with van der Waals surface area (Å²) in [7, 11) is 0. The molecule has 0 aliphatic rings. The maximum Gasteiger partial charge on any atom is 0.320 e. The van der Waals surface area contributed by atoms with Crippen molar-refractivity contribution in [2.45, 2.75) is 32.2 Å². The molecule has 3 N–H and O–H groups in total. The number of hydrogen-bond donors (Lipinski definition) is 2. The van der Waals surface area contributed by atoms with Crippen molar-refractivity contribution in [2.75, 3.05) is 0 Å². The second-order valence-corrected chi connectivity index (χ2v) is 6.20. The van der Waals surface area contributed by atoms with Crippen LogP contribution in [0.1, 0.15) is 42.9 Å². The van der Waals surface area contributed by atoms with Gasteiger partial charge in [0, 0.05) is 11.6 Å². The first-order valence-corrected chi connectivity index (χ1v) is 8.04. The number of benzene rings is 2. The highest BCUT2D eigenvalue weighted by atomic mass is 19.1. The van der Waals surface area contributed by atoms with Gasteiger partial charge >= 0.3 is 5.97 Å². The second-order valence-electron chi connectivity index (χ2n) is 6.20. The number of carboxylic acid groups (broad SMARTS) is 1. The van der Waals surface area contributed by atoms with Crippen molar-refractivity contribution in [1.29, 1.82) is 0 Å². The Labute approximate surface area is 145 Å². The zero-order valence-electron chi connectivity index (χ0n) is 14.2. The Hall–Kier alpha value is -2.53. The van der Waals surface area contributed by atoms with Crippen molar-refractivity contribution < 1.29 is 18.7 Å². The molecule has 2 aromatic rings. The van der Waals surface area contributed by atoms with Crippen molar-refractivity contribution >= 4 is 11.5 Å². The molecule has 0 radical (unpaired) electrons. The molecule has 0 saturated heterocycles. The molecule has 1 atom stereocenters. The van der Waals surface area contributed by atoms with Crippen molar-refractivity contribution in [1.82, 2.24) is 0 Å². The van der Waals surface area contributed by atoms with Crippen LogP contribution in [0.15, 0.2) is 48.5 Å². The van der Waals surface area contributed by atoms with Crippen LogP contribution in [0, 0.1) is 11.6 Å². The Bertz CT molecular complexity index is 800. The van der Waals surface area contributed by atoms with Gasteiger partial charge in [-0.3, -0.25) is 4.79 Å². The number of halogens is 2. The van der Waals surface area contributed by atoms with Crippen LogP contribution in [0.4, 0.5) is 8.78 Å². The Morgan fingerprint density at radius 3 is 2.52 bits per heavy atom. The molecule has 1 unspecified atom stereocenters. The van der Waals surface area contributed by atoms with Crippen molar-refractivity contribution in [3.8, 4) is 0 Å². The average molecular weight is 345 g/mol. The van der Waals surface area contributed by atoms with Crippen LogP contribution in [-0.4, -0.2) is 17.1 Å². The molecule has 0 saturated carbocycles. The van der Waals surface area contributed by atoms with Crippen LogP contribution >= 0.6 is 0 Å². The van der Waals surface area contributed by atoms with Crippen molar-refractivity contribution in [2.24, 2.45) is 5.73 Å². The first-order chi connectivity index (χ1) is 11.8. The lowest BCUT2D eigenvalue weighted by molar-refractivity contribution is -0.138. The fraction of sp³-hybridized carbons (Fsp3) is 0.250. The molecule has 0 heterocycles. The van der Waals surface area contributed by atoms with Gasteiger partial charge in [0.2, 0.25) is 0 Å². The minimum atomic E-state index is -1.13. The standard InChI is InChI=1S/C20H21F2NO2/c1-12(2)13-4-3-5-14(10-13)16(8-9-19(23)20(24)25)17-7-6-15(21)11-18(17)22/h3-8,10-12,19H,9,23H2,1-2H3,(H,24,25)/b16-8-. The van der Waals surface area contributed by atoms with E-state index in [2.05, 4.69) is 0 Å². The van der Waals surface area contributed by atoms with Crippen LogP contribution < -0.4 is 5.73 Å². The lowest BCUT2D eigenvalue weighted by Crippen LogP contribution is -2.29. The van der Waals surface area contributed by atoms with Gasteiger partial charge in [0.05, 0.1) is 0 Å². The Morgan fingerprint density at radius 1 is 1.20 bits per heavy atom. The number of rotatable bonds is 6. The quantitative estimate of drug-likeness (QED) is 0.819. The zero-order chi connectivity index (χ0) is 18.6. The summed E-state index contributed by atoms with van der Waals surface area (Å²) in [4.78, 5) is 11.0. The van der Waals surface area contributed by atoms with E-state index in [9.17, 15) is 13.6 Å².